The average Bonchev–Trinajstić information content (AvgIpc) is 2.40. The number of rotatable bonds is 13. The summed E-state index contributed by atoms with van der Waals surface area (Å²) in [5.41, 5.74) is 1.50. The van der Waals surface area contributed by atoms with E-state index in [4.69, 9.17) is 23.2 Å². The third-order valence-corrected chi connectivity index (χ3v) is 17.3. The summed E-state index contributed by atoms with van der Waals surface area (Å²) in [6.07, 6.45) is 0.792. The van der Waals surface area contributed by atoms with Crippen molar-refractivity contribution in [2.24, 2.45) is 17.8 Å². The fraction of sp³-hybridized carbons (Fsp3) is 0.576. The molecule has 1 aliphatic rings. The van der Waals surface area contributed by atoms with Gasteiger partial charge in [-0.2, -0.15) is 0 Å². The van der Waals surface area contributed by atoms with Crippen LogP contribution in [-0.4, -0.2) is 217 Å². The predicted octanol–water partition coefficient (Wildman–Crippen LogP) is 5.23. The molecule has 3 aromatic rings. The van der Waals surface area contributed by atoms with Gasteiger partial charge in [-0.05, 0) is 104 Å². The van der Waals surface area contributed by atoms with Crippen LogP contribution in [0.3, 0.4) is 0 Å². The van der Waals surface area contributed by atoms with Crippen LogP contribution in [-0.2, 0) is 67.2 Å². The molecule has 0 aromatic heterocycles. The number of nitrogens with one attached hydrogen (secondary N) is 4. The molecule has 1 saturated heterocycles. The van der Waals surface area contributed by atoms with Gasteiger partial charge >= 0.3 is 0 Å². The normalized spacial score (nSPS) is 23.8. The van der Waals surface area contributed by atoms with Gasteiger partial charge in [-0.3, -0.25) is 47.9 Å². The summed E-state index contributed by atoms with van der Waals surface area (Å²) in [6, 6.07) is 11.7. The molecule has 0 spiro atoms. The van der Waals surface area contributed by atoms with Gasteiger partial charge in [0.15, 0.2) is 0 Å². The van der Waals surface area contributed by atoms with Crippen molar-refractivity contribution >= 4 is 82.3 Å². The topological polar surface area (TPSA) is 242 Å². The molecule has 10 amide bonds. The van der Waals surface area contributed by atoms with E-state index in [2.05, 4.69) is 21.3 Å². The highest BCUT2D eigenvalue weighted by Crippen LogP contribution is 2.22. The Morgan fingerprint density at radius 2 is 1.12 bits per heavy atom. The molecule has 1 heterocycles. The lowest BCUT2D eigenvalue weighted by Gasteiger charge is -2.37. The van der Waals surface area contributed by atoms with E-state index < -0.39 is 133 Å². The first kappa shape index (κ1) is 75.3. The summed E-state index contributed by atoms with van der Waals surface area (Å²) < 4.78 is 15.3. The van der Waals surface area contributed by atoms with E-state index in [-0.39, 0.29) is 73.4 Å². The Labute approximate surface area is 541 Å². The quantitative estimate of drug-likeness (QED) is 0.173. The first-order valence-corrected chi connectivity index (χ1v) is 31.6. The zero-order chi connectivity index (χ0) is 67.4. The molecule has 0 radical (unpaired) electrons. The van der Waals surface area contributed by atoms with Gasteiger partial charge in [0.05, 0.1) is 19.6 Å². The third kappa shape index (κ3) is 22.3. The fourth-order valence-electron chi connectivity index (χ4n) is 10.6. The minimum Gasteiger partial charge on any atom is -0.343 e. The standard InChI is InChI=1S/C66H96Cl2FN11O10/c1-16-42(6)60-66(90)76(11)38-58(83)74(9)39-59(84)79(14)54(34-46-22-25-48(67)26-23-46)64(88)75(10)37-56(81)71-52(29-24-47-35-49(68)27-28-51(47)69)62(86)72-53(31-41(4)5)63(87)80(15)55(33-45-20-18-17-19-21-45)65(89)78(13)50(30-40(2)3)36-70-43(7)32-57(82)77(12)44(8)61(85)73-60/h17-23,25-28,35,40-44,50,52-55,60,70H,16,24,29-34,36-39H2,1-15H3,(H,71,81)(H,72,86)(H,73,85)/t42-,43+,44-,50-,52-,53-,54-,55-,60-/m0/s1. The van der Waals surface area contributed by atoms with Crippen molar-refractivity contribution in [3.8, 4) is 0 Å². The van der Waals surface area contributed by atoms with E-state index in [0.717, 1.165) is 25.2 Å². The van der Waals surface area contributed by atoms with Crippen molar-refractivity contribution in [2.75, 3.05) is 75.5 Å². The van der Waals surface area contributed by atoms with Gasteiger partial charge in [0.25, 0.3) is 0 Å². The highest BCUT2D eigenvalue weighted by molar-refractivity contribution is 6.30. The lowest BCUT2D eigenvalue weighted by Crippen LogP contribution is -2.59. The Morgan fingerprint density at radius 3 is 1.72 bits per heavy atom. The van der Waals surface area contributed by atoms with Crippen LogP contribution < -0.4 is 21.3 Å². The SMILES string of the molecule is CC[C@H](C)[C@@H]1NC(=O)[C@H](C)N(C)C(=O)C[C@@H](C)NC[C@H](CC(C)C)N(C)C(=O)[C@H](Cc2ccccc2)N(C)C(=O)[C@H](CC(C)C)NC(=O)[C@H](CCc2cc(Cl)ccc2F)NC(=O)CN(C)C(=O)[C@H](Cc2ccc(Cl)cc2)N(C)C(=O)CN(C)C(=O)CN(C)C1=O. The molecule has 0 unspecified atom stereocenters. The van der Waals surface area contributed by atoms with Gasteiger partial charge in [-0.25, -0.2) is 4.39 Å². The minimum absolute atomic E-state index is 0.0419. The summed E-state index contributed by atoms with van der Waals surface area (Å²) in [6.45, 7) is 13.3. The molecule has 90 heavy (non-hydrogen) atoms. The molecule has 24 heteroatoms. The molecule has 3 aromatic carbocycles. The molecule has 4 N–H and O–H groups in total. The third-order valence-electron chi connectivity index (χ3n) is 16.8. The van der Waals surface area contributed by atoms with Crippen molar-refractivity contribution in [1.29, 1.82) is 0 Å². The maximum atomic E-state index is 15.3. The molecule has 0 saturated carbocycles. The Kier molecular flexibility index (Phi) is 29.6. The molecule has 1 aliphatic heterocycles. The van der Waals surface area contributed by atoms with Crippen LogP contribution in [0.4, 0.5) is 4.39 Å². The van der Waals surface area contributed by atoms with E-state index in [1.807, 2.05) is 71.9 Å². The smallest absolute Gasteiger partial charge is 0.245 e. The Balaban J connectivity index is 1.83. The molecule has 9 atom stereocenters. The van der Waals surface area contributed by atoms with Crippen LogP contribution in [0, 0.1) is 23.6 Å². The molecule has 1 fully saturated rings. The Morgan fingerprint density at radius 1 is 0.556 bits per heavy atom. The first-order valence-electron chi connectivity index (χ1n) is 30.9. The van der Waals surface area contributed by atoms with Crippen molar-refractivity contribution in [1.82, 2.24) is 55.6 Å². The molecular formula is C66H96Cl2FN11O10. The molecule has 0 bridgehead atoms. The van der Waals surface area contributed by atoms with Crippen LogP contribution in [0.2, 0.25) is 10.0 Å². The van der Waals surface area contributed by atoms with Gasteiger partial charge < -0.3 is 55.6 Å². The second-order valence-corrected chi connectivity index (χ2v) is 25.9. The van der Waals surface area contributed by atoms with Gasteiger partial charge in [0.2, 0.25) is 59.1 Å². The van der Waals surface area contributed by atoms with Gasteiger partial charge in [0, 0.05) is 97.3 Å². The van der Waals surface area contributed by atoms with Crippen LogP contribution in [0.5, 0.6) is 0 Å². The zero-order valence-electron chi connectivity index (χ0n) is 55.1. The molecular weight excluding hydrogens is 1200 g/mol. The lowest BCUT2D eigenvalue weighted by atomic mass is 9.97. The fourth-order valence-corrected chi connectivity index (χ4v) is 11.0. The maximum absolute atomic E-state index is 15.3. The summed E-state index contributed by atoms with van der Waals surface area (Å²) in [5.74, 6) is -7.29. The Hall–Kier alpha value is -7.17. The monoisotopic (exact) mass is 1290 g/mol. The highest BCUT2D eigenvalue weighted by atomic mass is 35.5. The maximum Gasteiger partial charge on any atom is 0.245 e. The summed E-state index contributed by atoms with van der Waals surface area (Å²) in [7, 11) is 10.2. The number of hydrogen-bond acceptors (Lipinski definition) is 11. The summed E-state index contributed by atoms with van der Waals surface area (Å²) in [4.78, 5) is 153. The second kappa shape index (κ2) is 35.4. The minimum atomic E-state index is -1.43. The lowest BCUT2D eigenvalue weighted by molar-refractivity contribution is -0.148. The van der Waals surface area contributed by atoms with E-state index in [0.29, 0.717) is 23.4 Å². The van der Waals surface area contributed by atoms with E-state index in [1.165, 1.54) is 70.3 Å². The molecule has 0 aliphatic carbocycles. The first-order chi connectivity index (χ1) is 42.2. The van der Waals surface area contributed by atoms with Crippen molar-refractivity contribution in [2.45, 2.75) is 155 Å². The van der Waals surface area contributed by atoms with E-state index >= 15 is 14.0 Å². The van der Waals surface area contributed by atoms with Crippen molar-refractivity contribution in [3.05, 3.63) is 105 Å². The van der Waals surface area contributed by atoms with E-state index in [1.54, 1.807) is 50.1 Å². The van der Waals surface area contributed by atoms with Gasteiger partial charge in [-0.1, -0.05) is 114 Å². The predicted molar refractivity (Wildman–Crippen MR) is 346 cm³/mol. The zero-order valence-corrected chi connectivity index (χ0v) is 56.6. The Bertz CT molecular complexity index is 2960. The van der Waals surface area contributed by atoms with Crippen LogP contribution in [0.25, 0.3) is 0 Å². The van der Waals surface area contributed by atoms with Crippen LogP contribution in [0.15, 0.2) is 72.8 Å². The number of nitrogens with zero attached hydrogens (tertiary/aromatic N) is 7. The van der Waals surface area contributed by atoms with Gasteiger partial charge in [-0.15, -0.1) is 0 Å². The number of carbonyl (C=O) groups is 10. The van der Waals surface area contributed by atoms with Crippen molar-refractivity contribution in [3.63, 3.8) is 0 Å². The summed E-state index contributed by atoms with van der Waals surface area (Å²) >= 11 is 12.5. The number of likely N-dealkylation sites (N-methyl/N-ethyl adjacent to an activating group) is 7. The largest absolute Gasteiger partial charge is 0.343 e. The van der Waals surface area contributed by atoms with Gasteiger partial charge in [0.1, 0.15) is 42.1 Å². The second-order valence-electron chi connectivity index (χ2n) is 25.0. The highest BCUT2D eigenvalue weighted by Gasteiger charge is 2.39. The molecule has 496 valence electrons. The van der Waals surface area contributed by atoms with Crippen LogP contribution in [0.1, 0.15) is 104 Å². The average molecular weight is 1290 g/mol. The number of carbonyl (C=O) groups excluding carboxylic acids is 10. The molecule has 21 nitrogen and oxygen atoms in total. The summed E-state index contributed by atoms with van der Waals surface area (Å²) in [5, 5.41) is 12.5. The number of halogens is 3. The number of amides is 10. The van der Waals surface area contributed by atoms with E-state index in [9.17, 15) is 38.4 Å². The number of aryl methyl sites for hydroxylation is 1. The van der Waals surface area contributed by atoms with Crippen LogP contribution >= 0.6 is 23.2 Å². The van der Waals surface area contributed by atoms with Crippen molar-refractivity contribution < 1.29 is 52.3 Å². The number of hydrogen-bond donors (Lipinski definition) is 4. The molecule has 4 rings (SSSR count). The number of benzene rings is 3.